The second-order valence-corrected chi connectivity index (χ2v) is 17.7. The molecule has 8 aromatic carbocycles. The van der Waals surface area contributed by atoms with E-state index in [4.69, 9.17) is 14.7 Å². The minimum absolute atomic E-state index is 0. The summed E-state index contributed by atoms with van der Waals surface area (Å²) in [5, 5.41) is 5.84. The van der Waals surface area contributed by atoms with E-state index in [0.29, 0.717) is 11.5 Å². The summed E-state index contributed by atoms with van der Waals surface area (Å²) < 4.78 is 13.5. The molecule has 6 heterocycles. The minimum Gasteiger partial charge on any atom is -0.508 e. The first kappa shape index (κ1) is 41.7. The molecule has 0 atom stereocenters. The smallest absolute Gasteiger partial charge is 0.135 e. The van der Waals surface area contributed by atoms with Gasteiger partial charge >= 0.3 is 0 Å². The van der Waals surface area contributed by atoms with Gasteiger partial charge < -0.3 is 33.2 Å². The number of para-hydroxylation sites is 7. The van der Waals surface area contributed by atoms with Gasteiger partial charge in [-0.2, -0.15) is 12.7 Å². The van der Waals surface area contributed by atoms with Gasteiger partial charge in [0.2, 0.25) is 0 Å². The van der Waals surface area contributed by atoms with Crippen molar-refractivity contribution in [2.24, 2.45) is 0 Å². The van der Waals surface area contributed by atoms with Crippen LogP contribution in [0.1, 0.15) is 5.56 Å². The van der Waals surface area contributed by atoms with Crippen LogP contribution < -0.4 is 14.5 Å². The Balaban J connectivity index is 0.00000480. The molecule has 0 saturated heterocycles. The van der Waals surface area contributed by atoms with Gasteiger partial charge in [0, 0.05) is 88.3 Å². The normalized spacial score (nSPS) is 12.5. The second kappa shape index (κ2) is 16.4. The van der Waals surface area contributed by atoms with Gasteiger partial charge in [-0.05, 0) is 103 Å². The van der Waals surface area contributed by atoms with Gasteiger partial charge in [0.25, 0.3) is 0 Å². The average molecular weight is 1080 g/mol. The van der Waals surface area contributed by atoms with E-state index in [1.807, 2.05) is 37.4 Å². The first-order valence-corrected chi connectivity index (χ1v) is 23.1. The number of hydrogen-bond donors (Lipinski definition) is 0. The van der Waals surface area contributed by atoms with E-state index in [2.05, 4.69) is 213 Å². The van der Waals surface area contributed by atoms with Crippen LogP contribution in [0.3, 0.4) is 0 Å². The molecule has 0 spiro atoms. The van der Waals surface area contributed by atoms with Crippen LogP contribution in [0.25, 0.3) is 93.9 Å². The molecule has 338 valence electrons. The summed E-state index contributed by atoms with van der Waals surface area (Å²) in [7, 11) is 2.05. The van der Waals surface area contributed by atoms with Crippen molar-refractivity contribution in [2.45, 2.75) is 6.92 Å². The predicted octanol–water partition coefficient (Wildman–Crippen LogP) is 14.8. The number of aromatic nitrogens is 5. The van der Waals surface area contributed by atoms with Gasteiger partial charge in [-0.3, -0.25) is 0 Å². The quantitative estimate of drug-likeness (QED) is 0.149. The first-order valence-electron chi connectivity index (χ1n) is 23.1. The summed E-state index contributed by atoms with van der Waals surface area (Å²) in [6, 6.07) is 73.4. The Hall–Kier alpha value is -8.45. The van der Waals surface area contributed by atoms with E-state index in [0.717, 1.165) is 94.9 Å². The van der Waals surface area contributed by atoms with Gasteiger partial charge in [0.1, 0.15) is 5.82 Å². The van der Waals surface area contributed by atoms with Crippen molar-refractivity contribution >= 4 is 82.6 Å². The molecule has 0 fully saturated rings. The summed E-state index contributed by atoms with van der Waals surface area (Å²) >= 11 is 0. The molecule has 0 unspecified atom stereocenters. The van der Waals surface area contributed by atoms with E-state index in [1.54, 1.807) is 6.20 Å². The minimum atomic E-state index is 0. The zero-order chi connectivity index (χ0) is 45.7. The molecule has 70 heavy (non-hydrogen) atoms. The van der Waals surface area contributed by atoms with Crippen molar-refractivity contribution in [2.75, 3.05) is 16.8 Å². The SMILES string of the molecule is Cc1cc(-n2c3[c-]c(Oc4[c-]c(N5[CH-]N(C)c6ccccc65)ccc4)cnc3c3ccccc32)ncc1-c1c(-n2c3ccccc3c3ccccc32)cccc1-n1c2ccccc2c2ccccc21.[Pt]. The number of aryl methyl sites for hydroxylation is 1. The fraction of sp³-hybridized carbons (Fsp3) is 0.0328. The fourth-order valence-corrected chi connectivity index (χ4v) is 10.7. The number of nitrogens with zero attached hydrogens (tertiary/aromatic N) is 7. The predicted molar refractivity (Wildman–Crippen MR) is 281 cm³/mol. The van der Waals surface area contributed by atoms with Crippen molar-refractivity contribution in [3.8, 4) is 39.8 Å². The summed E-state index contributed by atoms with van der Waals surface area (Å²) in [5.41, 5.74) is 15.5. The number of fused-ring (bicyclic) bond motifs is 10. The zero-order valence-electron chi connectivity index (χ0n) is 38.0. The Morgan fingerprint density at radius 2 is 0.971 bits per heavy atom. The average Bonchev–Trinajstić information content (AvgIpc) is 4.12. The van der Waals surface area contributed by atoms with E-state index < -0.39 is 0 Å². The summed E-state index contributed by atoms with van der Waals surface area (Å²) in [5.74, 6) is 1.80. The third-order valence-corrected chi connectivity index (χ3v) is 13.7. The van der Waals surface area contributed by atoms with E-state index in [9.17, 15) is 0 Å². The number of pyridine rings is 2. The largest absolute Gasteiger partial charge is 0.508 e. The molecule has 0 saturated carbocycles. The molecule has 0 N–H and O–H groups in total. The topological polar surface area (TPSA) is 56.3 Å². The molecule has 0 radical (unpaired) electrons. The number of benzene rings is 8. The molecule has 8 nitrogen and oxygen atoms in total. The maximum absolute atomic E-state index is 6.54. The summed E-state index contributed by atoms with van der Waals surface area (Å²) in [6.45, 7) is 4.26. The number of anilines is 3. The Morgan fingerprint density at radius 1 is 0.471 bits per heavy atom. The van der Waals surface area contributed by atoms with Crippen LogP contribution in [0.2, 0.25) is 0 Å². The van der Waals surface area contributed by atoms with Crippen molar-refractivity contribution in [1.29, 1.82) is 0 Å². The molecular weight excluding hydrogens is 1040 g/mol. The van der Waals surface area contributed by atoms with E-state index >= 15 is 0 Å². The van der Waals surface area contributed by atoms with Crippen LogP contribution in [-0.4, -0.2) is 30.7 Å². The van der Waals surface area contributed by atoms with Crippen molar-refractivity contribution < 1.29 is 25.8 Å². The van der Waals surface area contributed by atoms with Crippen LogP contribution in [0.4, 0.5) is 17.1 Å². The zero-order valence-corrected chi connectivity index (χ0v) is 40.3. The molecular formula is C61H40N7OPt-3. The number of rotatable bonds is 7. The van der Waals surface area contributed by atoms with Crippen LogP contribution >= 0.6 is 0 Å². The standard InChI is InChI=1S/C61H40N7O.Pt/c1-39-33-59(68-53-28-12-7-23-47(53)61-58(68)35-42(36-63-61)69-41-18-15-17-40(34-41)65-38-64(2)54-29-13-14-30-55(54)65)62-37-48(39)60-56(66-49-24-8-3-19-43(49)44-20-4-9-25-50(44)66)31-16-32-57(60)67-51-26-10-5-21-45(51)46-22-6-11-27-52(46)67;/h3-33,36-38H,1-2H3;/q-3;. The van der Waals surface area contributed by atoms with Crippen LogP contribution in [0, 0.1) is 25.7 Å². The van der Waals surface area contributed by atoms with Crippen molar-refractivity contribution in [3.63, 3.8) is 0 Å². The third-order valence-electron chi connectivity index (χ3n) is 13.7. The van der Waals surface area contributed by atoms with Crippen molar-refractivity contribution in [3.05, 3.63) is 225 Å². The van der Waals surface area contributed by atoms with Gasteiger partial charge in [0.05, 0.1) is 33.4 Å². The van der Waals surface area contributed by atoms with Crippen molar-refractivity contribution in [1.82, 2.24) is 23.7 Å². The molecule has 5 aromatic heterocycles. The molecule has 1 aliphatic heterocycles. The molecule has 13 aromatic rings. The monoisotopic (exact) mass is 1080 g/mol. The summed E-state index contributed by atoms with van der Waals surface area (Å²) in [4.78, 5) is 14.6. The van der Waals surface area contributed by atoms with Gasteiger partial charge in [-0.25, -0.2) is 4.98 Å². The van der Waals surface area contributed by atoms with Gasteiger partial charge in [-0.1, -0.05) is 109 Å². The Bertz CT molecular complexity index is 3980. The Labute approximate surface area is 418 Å². The van der Waals surface area contributed by atoms with E-state index in [1.165, 1.54) is 21.5 Å². The first-order chi connectivity index (χ1) is 34.1. The fourth-order valence-electron chi connectivity index (χ4n) is 10.7. The summed E-state index contributed by atoms with van der Waals surface area (Å²) in [6.07, 6.45) is 3.79. The van der Waals surface area contributed by atoms with E-state index in [-0.39, 0.29) is 21.1 Å². The number of hydrogen-bond acceptors (Lipinski definition) is 5. The Morgan fingerprint density at radius 3 is 1.56 bits per heavy atom. The second-order valence-electron chi connectivity index (χ2n) is 17.7. The van der Waals surface area contributed by atoms with Crippen LogP contribution in [0.5, 0.6) is 11.5 Å². The maximum Gasteiger partial charge on any atom is 0.135 e. The molecule has 9 heteroatoms. The molecule has 0 aliphatic carbocycles. The van der Waals surface area contributed by atoms with Crippen LogP contribution in [-0.2, 0) is 21.1 Å². The van der Waals surface area contributed by atoms with Gasteiger partial charge in [-0.15, -0.1) is 30.0 Å². The molecule has 0 amide bonds. The third kappa shape index (κ3) is 6.33. The van der Waals surface area contributed by atoms with Gasteiger partial charge in [0.15, 0.2) is 0 Å². The maximum atomic E-state index is 6.54. The molecule has 14 rings (SSSR count). The molecule has 1 aliphatic rings. The molecule has 0 bridgehead atoms. The number of ether oxygens (including phenoxy) is 1. The van der Waals surface area contributed by atoms with Crippen LogP contribution in [0.15, 0.2) is 200 Å². The Kier molecular flexibility index (Phi) is 9.75.